The van der Waals surface area contributed by atoms with Gasteiger partial charge in [0.2, 0.25) is 0 Å². The van der Waals surface area contributed by atoms with Crippen molar-refractivity contribution in [1.29, 1.82) is 5.26 Å². The minimum absolute atomic E-state index is 0.813. The highest BCUT2D eigenvalue weighted by Gasteiger charge is 2.05. The number of hydrogen-bond acceptors (Lipinski definition) is 2. The van der Waals surface area contributed by atoms with Crippen molar-refractivity contribution in [1.82, 2.24) is 0 Å². The fraction of sp³-hybridized carbons (Fsp3) is 0.182. The first kappa shape index (κ1) is 8.28. The summed E-state index contributed by atoms with van der Waals surface area (Å²) >= 11 is 1.73. The first-order chi connectivity index (χ1) is 6.36. The third kappa shape index (κ3) is 1.22. The van der Waals surface area contributed by atoms with Crippen molar-refractivity contribution < 1.29 is 0 Å². The number of thiophene rings is 1. The summed E-state index contributed by atoms with van der Waals surface area (Å²) < 4.78 is 1.27. The highest BCUT2D eigenvalue weighted by Crippen LogP contribution is 2.26. The van der Waals surface area contributed by atoms with Gasteiger partial charge < -0.3 is 0 Å². The minimum atomic E-state index is 0.813. The van der Waals surface area contributed by atoms with Crippen LogP contribution in [0.1, 0.15) is 18.1 Å². The molecule has 0 aliphatic carbocycles. The lowest BCUT2D eigenvalue weighted by Crippen LogP contribution is -1.86. The van der Waals surface area contributed by atoms with Crippen LogP contribution >= 0.6 is 11.3 Å². The summed E-state index contributed by atoms with van der Waals surface area (Å²) in [5.41, 5.74) is 2.00. The summed E-state index contributed by atoms with van der Waals surface area (Å²) in [5.74, 6) is 0. The van der Waals surface area contributed by atoms with Crippen molar-refractivity contribution in [2.24, 2.45) is 0 Å². The highest BCUT2D eigenvalue weighted by molar-refractivity contribution is 7.17. The maximum absolute atomic E-state index is 8.90. The van der Waals surface area contributed by atoms with Crippen molar-refractivity contribution in [2.45, 2.75) is 13.3 Å². The van der Waals surface area contributed by atoms with Gasteiger partial charge in [0, 0.05) is 4.70 Å². The monoisotopic (exact) mass is 187 g/mol. The molecule has 0 unspecified atom stereocenters. The van der Waals surface area contributed by atoms with E-state index in [-0.39, 0.29) is 0 Å². The molecule has 1 heterocycles. The standard InChI is InChI=1S/C11H9NS/c1-2-9-8(7-12)3-4-11-10(9)5-6-13-11/h3-6H,2H2,1H3. The molecule has 2 heteroatoms. The molecule has 0 saturated carbocycles. The Kier molecular flexibility index (Phi) is 2.03. The quantitative estimate of drug-likeness (QED) is 0.671. The maximum Gasteiger partial charge on any atom is 0.0994 e. The van der Waals surface area contributed by atoms with Crippen LogP contribution < -0.4 is 0 Å². The second-order valence-electron chi connectivity index (χ2n) is 2.89. The van der Waals surface area contributed by atoms with E-state index in [2.05, 4.69) is 24.4 Å². The topological polar surface area (TPSA) is 23.8 Å². The van der Waals surface area contributed by atoms with Crippen LogP contribution in [0.25, 0.3) is 10.1 Å². The number of aryl methyl sites for hydroxylation is 1. The molecule has 1 aromatic carbocycles. The number of rotatable bonds is 1. The van der Waals surface area contributed by atoms with Crippen LogP contribution in [-0.4, -0.2) is 0 Å². The largest absolute Gasteiger partial charge is 0.192 e. The van der Waals surface area contributed by atoms with Gasteiger partial charge in [-0.1, -0.05) is 6.92 Å². The summed E-state index contributed by atoms with van der Waals surface area (Å²) in [7, 11) is 0. The van der Waals surface area contributed by atoms with Gasteiger partial charge >= 0.3 is 0 Å². The zero-order valence-corrected chi connectivity index (χ0v) is 8.19. The molecular formula is C11H9NS. The van der Waals surface area contributed by atoms with E-state index in [9.17, 15) is 0 Å². The number of hydrogen-bond donors (Lipinski definition) is 0. The van der Waals surface area contributed by atoms with Crippen molar-refractivity contribution in [3.63, 3.8) is 0 Å². The van der Waals surface area contributed by atoms with E-state index in [1.807, 2.05) is 12.1 Å². The molecule has 0 fully saturated rings. The van der Waals surface area contributed by atoms with Crippen molar-refractivity contribution in [3.05, 3.63) is 34.7 Å². The Bertz CT molecular complexity index is 476. The Hall–Kier alpha value is -1.33. The number of nitriles is 1. The van der Waals surface area contributed by atoms with Crippen LogP contribution in [-0.2, 0) is 6.42 Å². The van der Waals surface area contributed by atoms with Crippen LogP contribution in [0.5, 0.6) is 0 Å². The molecule has 1 nitrogen and oxygen atoms in total. The Morgan fingerprint density at radius 3 is 2.92 bits per heavy atom. The smallest absolute Gasteiger partial charge is 0.0994 e. The molecule has 0 aliphatic heterocycles. The number of fused-ring (bicyclic) bond motifs is 1. The van der Waals surface area contributed by atoms with E-state index in [4.69, 9.17) is 5.26 Å². The van der Waals surface area contributed by atoms with Crippen molar-refractivity contribution in [2.75, 3.05) is 0 Å². The van der Waals surface area contributed by atoms with Gasteiger partial charge in [-0.15, -0.1) is 11.3 Å². The molecule has 0 amide bonds. The van der Waals surface area contributed by atoms with Gasteiger partial charge in [-0.3, -0.25) is 0 Å². The predicted octanol–water partition coefficient (Wildman–Crippen LogP) is 3.34. The van der Waals surface area contributed by atoms with E-state index in [1.165, 1.54) is 15.6 Å². The number of benzene rings is 1. The molecule has 13 heavy (non-hydrogen) atoms. The second-order valence-corrected chi connectivity index (χ2v) is 3.84. The molecule has 0 N–H and O–H groups in total. The molecule has 1 aromatic heterocycles. The lowest BCUT2D eigenvalue weighted by Gasteiger charge is -2.01. The third-order valence-electron chi connectivity index (χ3n) is 2.22. The average molecular weight is 187 g/mol. The van der Waals surface area contributed by atoms with Gasteiger partial charge in [-0.25, -0.2) is 0 Å². The molecule has 64 valence electrons. The van der Waals surface area contributed by atoms with Crippen LogP contribution in [0.3, 0.4) is 0 Å². The highest BCUT2D eigenvalue weighted by atomic mass is 32.1. The summed E-state index contributed by atoms with van der Waals surface area (Å²) in [6.07, 6.45) is 0.928. The van der Waals surface area contributed by atoms with Gasteiger partial charge in [0.25, 0.3) is 0 Å². The van der Waals surface area contributed by atoms with Crippen LogP contribution in [0.2, 0.25) is 0 Å². The summed E-state index contributed by atoms with van der Waals surface area (Å²) in [6.45, 7) is 2.09. The van der Waals surface area contributed by atoms with Gasteiger partial charge in [-0.2, -0.15) is 5.26 Å². The zero-order chi connectivity index (χ0) is 9.26. The Balaban J connectivity index is 2.84. The first-order valence-electron chi connectivity index (χ1n) is 4.26. The molecule has 0 spiro atoms. The van der Waals surface area contributed by atoms with Crippen LogP contribution in [0.15, 0.2) is 23.6 Å². The van der Waals surface area contributed by atoms with Crippen LogP contribution in [0, 0.1) is 11.3 Å². The van der Waals surface area contributed by atoms with E-state index in [1.54, 1.807) is 11.3 Å². The van der Waals surface area contributed by atoms with Gasteiger partial charge in [0.1, 0.15) is 0 Å². The molecule has 0 aliphatic rings. The van der Waals surface area contributed by atoms with E-state index >= 15 is 0 Å². The van der Waals surface area contributed by atoms with Crippen LogP contribution in [0.4, 0.5) is 0 Å². The zero-order valence-electron chi connectivity index (χ0n) is 7.37. The van der Waals surface area contributed by atoms with E-state index < -0.39 is 0 Å². The second kappa shape index (κ2) is 3.20. The minimum Gasteiger partial charge on any atom is -0.192 e. The summed E-state index contributed by atoms with van der Waals surface area (Å²) in [6, 6.07) is 8.27. The predicted molar refractivity (Wildman–Crippen MR) is 55.9 cm³/mol. The molecule has 0 atom stereocenters. The summed E-state index contributed by atoms with van der Waals surface area (Å²) in [4.78, 5) is 0. The van der Waals surface area contributed by atoms with E-state index in [0.29, 0.717) is 0 Å². The molecular weight excluding hydrogens is 178 g/mol. The maximum atomic E-state index is 8.90. The first-order valence-corrected chi connectivity index (χ1v) is 5.14. The van der Waals surface area contributed by atoms with Gasteiger partial charge in [0.15, 0.2) is 0 Å². The average Bonchev–Trinajstić information content (AvgIpc) is 2.63. The SMILES string of the molecule is CCc1c(C#N)ccc2sccc12. The molecule has 2 rings (SSSR count). The fourth-order valence-electron chi connectivity index (χ4n) is 1.59. The molecule has 2 aromatic rings. The Labute approximate surface area is 81.2 Å². The Morgan fingerprint density at radius 2 is 2.23 bits per heavy atom. The van der Waals surface area contributed by atoms with Gasteiger partial charge in [-0.05, 0) is 40.9 Å². The van der Waals surface area contributed by atoms with Crippen molar-refractivity contribution in [3.8, 4) is 6.07 Å². The molecule has 0 saturated heterocycles. The lowest BCUT2D eigenvalue weighted by atomic mass is 10.0. The Morgan fingerprint density at radius 1 is 1.38 bits per heavy atom. The molecule has 0 bridgehead atoms. The molecule has 0 radical (unpaired) electrons. The number of nitrogens with zero attached hydrogens (tertiary/aromatic N) is 1. The lowest BCUT2D eigenvalue weighted by molar-refractivity contribution is 1.15. The summed E-state index contributed by atoms with van der Waals surface area (Å²) in [5, 5.41) is 12.2. The fourth-order valence-corrected chi connectivity index (χ4v) is 2.41. The van der Waals surface area contributed by atoms with Gasteiger partial charge in [0.05, 0.1) is 11.6 Å². The van der Waals surface area contributed by atoms with Crippen molar-refractivity contribution >= 4 is 21.4 Å². The third-order valence-corrected chi connectivity index (χ3v) is 3.10. The van der Waals surface area contributed by atoms with E-state index in [0.717, 1.165) is 12.0 Å². The normalized spacial score (nSPS) is 10.2.